The molecular formula is C11H15NO2S. The first-order valence-electron chi connectivity index (χ1n) is 5.09. The number of hydrogen-bond acceptors (Lipinski definition) is 3. The molecular weight excluding hydrogens is 210 g/mol. The minimum atomic E-state index is -0.796. The van der Waals surface area contributed by atoms with Crippen LogP contribution in [-0.4, -0.2) is 36.1 Å². The Labute approximate surface area is 93.3 Å². The van der Waals surface area contributed by atoms with Crippen molar-refractivity contribution in [3.8, 4) is 0 Å². The topological polar surface area (TPSA) is 40.5 Å². The van der Waals surface area contributed by atoms with Gasteiger partial charge in [0.05, 0.1) is 0 Å². The second-order valence-electron chi connectivity index (χ2n) is 4.22. The highest BCUT2D eigenvalue weighted by Gasteiger charge is 2.23. The van der Waals surface area contributed by atoms with Gasteiger partial charge in [0.2, 0.25) is 0 Å². The van der Waals surface area contributed by atoms with Crippen LogP contribution < -0.4 is 0 Å². The first kappa shape index (κ1) is 10.6. The molecule has 1 heterocycles. The number of nitrogens with zero attached hydrogens (tertiary/aromatic N) is 1. The van der Waals surface area contributed by atoms with E-state index in [1.807, 2.05) is 6.07 Å². The van der Waals surface area contributed by atoms with Gasteiger partial charge in [-0.15, -0.1) is 11.3 Å². The molecule has 1 unspecified atom stereocenters. The number of fused-ring (bicyclic) bond motifs is 1. The molecule has 1 aliphatic carbocycles. The van der Waals surface area contributed by atoms with Gasteiger partial charge in [-0.3, -0.25) is 0 Å². The molecule has 2 rings (SSSR count). The van der Waals surface area contributed by atoms with Crippen LogP contribution in [0.1, 0.15) is 26.5 Å². The first-order valence-corrected chi connectivity index (χ1v) is 5.91. The number of carbonyl (C=O) groups is 1. The van der Waals surface area contributed by atoms with Crippen LogP contribution >= 0.6 is 11.3 Å². The van der Waals surface area contributed by atoms with Gasteiger partial charge >= 0.3 is 5.97 Å². The van der Waals surface area contributed by atoms with Gasteiger partial charge in [0.25, 0.3) is 0 Å². The fourth-order valence-corrected chi connectivity index (χ4v) is 3.16. The van der Waals surface area contributed by atoms with Crippen LogP contribution in [-0.2, 0) is 12.8 Å². The molecule has 1 aromatic heterocycles. The quantitative estimate of drug-likeness (QED) is 0.835. The maximum atomic E-state index is 10.8. The Morgan fingerprint density at radius 1 is 1.60 bits per heavy atom. The Kier molecular flexibility index (Phi) is 2.80. The zero-order valence-corrected chi connectivity index (χ0v) is 9.80. The van der Waals surface area contributed by atoms with Crippen molar-refractivity contribution >= 4 is 17.3 Å². The van der Waals surface area contributed by atoms with Crippen molar-refractivity contribution in [2.75, 3.05) is 14.1 Å². The Bertz CT molecular complexity index is 384. The molecule has 0 spiro atoms. The second-order valence-corrected chi connectivity index (χ2v) is 5.36. The van der Waals surface area contributed by atoms with E-state index >= 15 is 0 Å². The summed E-state index contributed by atoms with van der Waals surface area (Å²) >= 11 is 1.44. The fraction of sp³-hybridized carbons (Fsp3) is 0.545. The highest BCUT2D eigenvalue weighted by molar-refractivity contribution is 7.14. The maximum Gasteiger partial charge on any atom is 0.345 e. The number of aromatic carboxylic acids is 1. The van der Waals surface area contributed by atoms with E-state index in [1.54, 1.807) is 0 Å². The van der Waals surface area contributed by atoms with Gasteiger partial charge in [0.1, 0.15) is 4.88 Å². The van der Waals surface area contributed by atoms with Crippen molar-refractivity contribution in [1.29, 1.82) is 0 Å². The lowest BCUT2D eigenvalue weighted by atomic mass is 9.94. The average Bonchev–Trinajstić information content (AvgIpc) is 2.59. The van der Waals surface area contributed by atoms with E-state index in [0.29, 0.717) is 10.9 Å². The van der Waals surface area contributed by atoms with Gasteiger partial charge in [-0.25, -0.2) is 4.79 Å². The van der Waals surface area contributed by atoms with Gasteiger partial charge < -0.3 is 10.0 Å². The predicted octanol–water partition coefficient (Wildman–Crippen LogP) is 1.87. The van der Waals surface area contributed by atoms with E-state index in [1.165, 1.54) is 21.8 Å². The van der Waals surface area contributed by atoms with E-state index in [-0.39, 0.29) is 0 Å². The third-order valence-electron chi connectivity index (χ3n) is 3.01. The summed E-state index contributed by atoms with van der Waals surface area (Å²) in [5.74, 6) is -0.796. The number of aryl methyl sites for hydroxylation is 1. The number of thiophene rings is 1. The van der Waals surface area contributed by atoms with Crippen LogP contribution in [0.3, 0.4) is 0 Å². The lowest BCUT2D eigenvalue weighted by Crippen LogP contribution is -2.32. The lowest BCUT2D eigenvalue weighted by Gasteiger charge is -2.27. The molecule has 15 heavy (non-hydrogen) atoms. The first-order chi connectivity index (χ1) is 7.08. The molecule has 0 saturated heterocycles. The Hall–Kier alpha value is -0.870. The standard InChI is InChI=1S/C11H15NO2S/c1-12(2)8-4-3-7-5-10(11(13)14)15-9(7)6-8/h5,8H,3-4,6H2,1-2H3,(H,13,14). The second kappa shape index (κ2) is 3.94. The SMILES string of the molecule is CN(C)C1CCc2cc(C(=O)O)sc2C1. The normalized spacial score (nSPS) is 20.3. The minimum Gasteiger partial charge on any atom is -0.477 e. The molecule has 0 bridgehead atoms. The highest BCUT2D eigenvalue weighted by Crippen LogP contribution is 2.31. The molecule has 1 aromatic rings. The van der Waals surface area contributed by atoms with Crippen LogP contribution in [0.4, 0.5) is 0 Å². The summed E-state index contributed by atoms with van der Waals surface area (Å²) in [5, 5.41) is 8.91. The van der Waals surface area contributed by atoms with Crippen molar-refractivity contribution < 1.29 is 9.90 Å². The minimum absolute atomic E-state index is 0.486. The summed E-state index contributed by atoms with van der Waals surface area (Å²) in [4.78, 5) is 14.8. The molecule has 0 amide bonds. The third kappa shape index (κ3) is 2.06. The van der Waals surface area contributed by atoms with Gasteiger partial charge in [0, 0.05) is 10.9 Å². The summed E-state index contributed by atoms with van der Waals surface area (Å²) in [6, 6.07) is 2.41. The van der Waals surface area contributed by atoms with Crippen molar-refractivity contribution in [3.05, 3.63) is 21.4 Å². The van der Waals surface area contributed by atoms with Gasteiger partial charge in [-0.05, 0) is 45.0 Å². The highest BCUT2D eigenvalue weighted by atomic mass is 32.1. The van der Waals surface area contributed by atoms with E-state index in [0.717, 1.165) is 19.3 Å². The van der Waals surface area contributed by atoms with E-state index in [2.05, 4.69) is 19.0 Å². The summed E-state index contributed by atoms with van der Waals surface area (Å²) < 4.78 is 0. The van der Waals surface area contributed by atoms with Crippen LogP contribution in [0.2, 0.25) is 0 Å². The third-order valence-corrected chi connectivity index (χ3v) is 4.19. The van der Waals surface area contributed by atoms with Gasteiger partial charge in [0.15, 0.2) is 0 Å². The molecule has 1 aliphatic rings. The molecule has 0 radical (unpaired) electrons. The number of likely N-dealkylation sites (N-methyl/N-ethyl adjacent to an activating group) is 1. The molecule has 82 valence electrons. The molecule has 0 aromatic carbocycles. The monoisotopic (exact) mass is 225 g/mol. The number of carboxylic acid groups (broad SMARTS) is 1. The van der Waals surface area contributed by atoms with Gasteiger partial charge in [-0.1, -0.05) is 0 Å². The fourth-order valence-electron chi connectivity index (χ4n) is 2.04. The van der Waals surface area contributed by atoms with Crippen molar-refractivity contribution in [2.45, 2.75) is 25.3 Å². The van der Waals surface area contributed by atoms with Crippen molar-refractivity contribution in [3.63, 3.8) is 0 Å². The molecule has 0 saturated carbocycles. The van der Waals surface area contributed by atoms with E-state index < -0.39 is 5.97 Å². The smallest absolute Gasteiger partial charge is 0.345 e. The number of rotatable bonds is 2. The van der Waals surface area contributed by atoms with E-state index in [4.69, 9.17) is 5.11 Å². The van der Waals surface area contributed by atoms with Crippen LogP contribution in [0.25, 0.3) is 0 Å². The van der Waals surface area contributed by atoms with Crippen LogP contribution in [0.5, 0.6) is 0 Å². The zero-order valence-electron chi connectivity index (χ0n) is 8.99. The van der Waals surface area contributed by atoms with Crippen LogP contribution in [0.15, 0.2) is 6.07 Å². The van der Waals surface area contributed by atoms with Crippen molar-refractivity contribution in [1.82, 2.24) is 4.90 Å². The lowest BCUT2D eigenvalue weighted by molar-refractivity contribution is 0.0702. The Morgan fingerprint density at radius 3 is 2.93 bits per heavy atom. The molecule has 4 heteroatoms. The van der Waals surface area contributed by atoms with Crippen LogP contribution in [0, 0.1) is 0 Å². The average molecular weight is 225 g/mol. The molecule has 3 nitrogen and oxygen atoms in total. The summed E-state index contributed by atoms with van der Waals surface area (Å²) in [5.41, 5.74) is 1.25. The molecule has 1 N–H and O–H groups in total. The van der Waals surface area contributed by atoms with Crippen molar-refractivity contribution in [2.24, 2.45) is 0 Å². The number of hydrogen-bond donors (Lipinski definition) is 1. The predicted molar refractivity (Wildman–Crippen MR) is 60.8 cm³/mol. The summed E-state index contributed by atoms with van der Waals surface area (Å²) in [6.07, 6.45) is 3.15. The Morgan fingerprint density at radius 2 is 2.33 bits per heavy atom. The molecule has 1 atom stereocenters. The van der Waals surface area contributed by atoms with Gasteiger partial charge in [-0.2, -0.15) is 0 Å². The Balaban J connectivity index is 2.23. The van der Waals surface area contributed by atoms with E-state index in [9.17, 15) is 4.79 Å². The zero-order chi connectivity index (χ0) is 11.0. The molecule has 0 fully saturated rings. The summed E-state index contributed by atoms with van der Waals surface area (Å²) in [7, 11) is 4.17. The summed E-state index contributed by atoms with van der Waals surface area (Å²) in [6.45, 7) is 0. The molecule has 0 aliphatic heterocycles. The largest absolute Gasteiger partial charge is 0.477 e. The maximum absolute atomic E-state index is 10.8. The number of carboxylic acids is 1.